The third-order valence-electron chi connectivity index (χ3n) is 3.22. The van der Waals surface area contributed by atoms with Crippen molar-refractivity contribution in [2.24, 2.45) is 5.92 Å². The molecule has 2 unspecified atom stereocenters. The van der Waals surface area contributed by atoms with Crippen LogP contribution in [0.25, 0.3) is 0 Å². The summed E-state index contributed by atoms with van der Waals surface area (Å²) in [5, 5.41) is 9.08. The molecule has 2 atom stereocenters. The Morgan fingerprint density at radius 3 is 2.40 bits per heavy atom. The summed E-state index contributed by atoms with van der Waals surface area (Å²) >= 11 is 0. The van der Waals surface area contributed by atoms with E-state index in [-0.39, 0.29) is 18.4 Å². The van der Waals surface area contributed by atoms with Gasteiger partial charge in [-0.2, -0.15) is 0 Å². The lowest BCUT2D eigenvalue weighted by Crippen LogP contribution is -2.43. The van der Waals surface area contributed by atoms with Crippen molar-refractivity contribution >= 4 is 17.8 Å². The van der Waals surface area contributed by atoms with Crippen molar-refractivity contribution in [3.05, 3.63) is 0 Å². The van der Waals surface area contributed by atoms with Crippen LogP contribution in [-0.2, 0) is 23.9 Å². The molecule has 1 aliphatic heterocycles. The molecule has 1 aliphatic rings. The average molecular weight is 287 g/mol. The maximum absolute atomic E-state index is 12.0. The number of carbonyl (C=O) groups excluding carboxylic acids is 2. The normalized spacial score (nSPS) is 18.2. The number of nitrogens with zero attached hydrogens (tertiary/aromatic N) is 1. The van der Waals surface area contributed by atoms with Crippen molar-refractivity contribution in [3.63, 3.8) is 0 Å². The van der Waals surface area contributed by atoms with Gasteiger partial charge in [0, 0.05) is 13.1 Å². The molecular formula is C13H21NO6. The Morgan fingerprint density at radius 1 is 1.30 bits per heavy atom. The van der Waals surface area contributed by atoms with E-state index in [0.717, 1.165) is 0 Å². The second-order valence-corrected chi connectivity index (χ2v) is 4.74. The van der Waals surface area contributed by atoms with Crippen LogP contribution in [0.4, 0.5) is 0 Å². The van der Waals surface area contributed by atoms with Crippen LogP contribution >= 0.6 is 0 Å². The zero-order valence-electron chi connectivity index (χ0n) is 11.8. The Hall–Kier alpha value is -1.63. The van der Waals surface area contributed by atoms with Gasteiger partial charge in [0.05, 0.1) is 25.7 Å². The number of amides is 1. The van der Waals surface area contributed by atoms with Gasteiger partial charge in [0.15, 0.2) is 5.92 Å². The molecule has 0 aromatic carbocycles. The second-order valence-electron chi connectivity index (χ2n) is 4.74. The highest BCUT2D eigenvalue weighted by Crippen LogP contribution is 2.12. The van der Waals surface area contributed by atoms with Crippen LogP contribution in [0.5, 0.6) is 0 Å². The van der Waals surface area contributed by atoms with Gasteiger partial charge in [0.2, 0.25) is 5.91 Å². The fourth-order valence-electron chi connectivity index (χ4n) is 1.75. The molecule has 0 aliphatic carbocycles. The van der Waals surface area contributed by atoms with E-state index in [1.54, 1.807) is 6.92 Å². The minimum Gasteiger partial charge on any atom is -0.481 e. The van der Waals surface area contributed by atoms with Gasteiger partial charge in [-0.3, -0.25) is 14.4 Å². The number of esters is 1. The van der Waals surface area contributed by atoms with E-state index < -0.39 is 17.9 Å². The van der Waals surface area contributed by atoms with Gasteiger partial charge in [-0.25, -0.2) is 0 Å². The molecule has 0 aromatic rings. The lowest BCUT2D eigenvalue weighted by Gasteiger charge is -2.27. The Morgan fingerprint density at radius 2 is 1.90 bits per heavy atom. The molecule has 0 aromatic heterocycles. The number of hydrogen-bond acceptors (Lipinski definition) is 5. The topological polar surface area (TPSA) is 93.1 Å². The molecule has 20 heavy (non-hydrogen) atoms. The van der Waals surface area contributed by atoms with Crippen molar-refractivity contribution in [2.75, 3.05) is 26.3 Å². The Balaban J connectivity index is 2.59. The number of morpholine rings is 1. The molecule has 1 fully saturated rings. The van der Waals surface area contributed by atoms with Crippen LogP contribution in [0.3, 0.4) is 0 Å². The number of rotatable bonds is 6. The summed E-state index contributed by atoms with van der Waals surface area (Å²) < 4.78 is 10.1. The fraction of sp³-hybridized carbons (Fsp3) is 0.769. The highest BCUT2D eigenvalue weighted by molar-refractivity contribution is 5.98. The van der Waals surface area contributed by atoms with E-state index in [1.165, 1.54) is 4.90 Å². The minimum atomic E-state index is -1.45. The molecule has 0 bridgehead atoms. The van der Waals surface area contributed by atoms with E-state index in [2.05, 4.69) is 0 Å². The summed E-state index contributed by atoms with van der Waals surface area (Å²) in [6.07, 6.45) is -0.136. The largest absolute Gasteiger partial charge is 0.481 e. The van der Waals surface area contributed by atoms with Crippen molar-refractivity contribution in [2.45, 2.75) is 32.8 Å². The van der Waals surface area contributed by atoms with Crippen LogP contribution in [0, 0.1) is 5.92 Å². The third-order valence-corrected chi connectivity index (χ3v) is 3.22. The summed E-state index contributed by atoms with van der Waals surface area (Å²) in [7, 11) is 0. The number of carboxylic acid groups (broad SMARTS) is 1. The van der Waals surface area contributed by atoms with Gasteiger partial charge in [-0.1, -0.05) is 6.92 Å². The van der Waals surface area contributed by atoms with Gasteiger partial charge < -0.3 is 19.5 Å². The zero-order valence-corrected chi connectivity index (χ0v) is 11.8. The first-order valence-electron chi connectivity index (χ1n) is 6.74. The molecule has 1 heterocycles. The van der Waals surface area contributed by atoms with Crippen molar-refractivity contribution in [1.82, 2.24) is 4.90 Å². The van der Waals surface area contributed by atoms with Crippen molar-refractivity contribution in [3.8, 4) is 0 Å². The fourth-order valence-corrected chi connectivity index (χ4v) is 1.75. The maximum atomic E-state index is 12.0. The van der Waals surface area contributed by atoms with Crippen LogP contribution in [0.1, 0.15) is 26.7 Å². The van der Waals surface area contributed by atoms with Gasteiger partial charge in [-0.05, 0) is 13.3 Å². The Bertz CT molecular complexity index is 364. The Kier molecular flexibility index (Phi) is 6.44. The highest BCUT2D eigenvalue weighted by atomic mass is 16.5. The summed E-state index contributed by atoms with van der Waals surface area (Å²) in [5.74, 6) is -3.99. The first-order chi connectivity index (χ1) is 9.45. The average Bonchev–Trinajstić information content (AvgIpc) is 2.44. The maximum Gasteiger partial charge on any atom is 0.321 e. The number of carboxylic acids is 1. The summed E-state index contributed by atoms with van der Waals surface area (Å²) in [6, 6.07) is 0. The van der Waals surface area contributed by atoms with Gasteiger partial charge >= 0.3 is 11.9 Å². The molecule has 0 saturated carbocycles. The van der Waals surface area contributed by atoms with E-state index in [1.807, 2.05) is 6.92 Å². The summed E-state index contributed by atoms with van der Waals surface area (Å²) in [5.41, 5.74) is 0. The van der Waals surface area contributed by atoms with E-state index in [9.17, 15) is 14.4 Å². The molecule has 0 radical (unpaired) electrons. The molecule has 1 saturated heterocycles. The minimum absolute atomic E-state index is 0.358. The first kappa shape index (κ1) is 16.4. The van der Waals surface area contributed by atoms with E-state index in [4.69, 9.17) is 14.6 Å². The Labute approximate surface area is 117 Å². The third kappa shape index (κ3) is 4.80. The lowest BCUT2D eigenvalue weighted by atomic mass is 10.0. The molecule has 7 heteroatoms. The monoisotopic (exact) mass is 287 g/mol. The van der Waals surface area contributed by atoms with Crippen LogP contribution in [0.2, 0.25) is 0 Å². The number of carbonyl (C=O) groups is 3. The molecule has 1 N–H and O–H groups in total. The van der Waals surface area contributed by atoms with E-state index in [0.29, 0.717) is 32.7 Å². The quantitative estimate of drug-likeness (QED) is 0.557. The van der Waals surface area contributed by atoms with E-state index >= 15 is 0 Å². The molecule has 114 valence electrons. The predicted molar refractivity (Wildman–Crippen MR) is 69.0 cm³/mol. The predicted octanol–water partition coefficient (Wildman–Crippen LogP) is 0.278. The number of ether oxygens (including phenoxy) is 2. The smallest absolute Gasteiger partial charge is 0.321 e. The standard InChI is InChI=1S/C13H21NO6/c1-3-9(2)20-13(18)10(12(16)17)8-11(15)14-4-6-19-7-5-14/h9-10H,3-8H2,1-2H3,(H,16,17). The van der Waals surface area contributed by atoms with Crippen LogP contribution in [0.15, 0.2) is 0 Å². The molecule has 1 rings (SSSR count). The molecule has 0 spiro atoms. The second kappa shape index (κ2) is 7.84. The van der Waals surface area contributed by atoms with Crippen molar-refractivity contribution in [1.29, 1.82) is 0 Å². The van der Waals surface area contributed by atoms with Gasteiger partial charge in [0.25, 0.3) is 0 Å². The highest BCUT2D eigenvalue weighted by Gasteiger charge is 2.33. The zero-order chi connectivity index (χ0) is 15.1. The number of hydrogen-bond donors (Lipinski definition) is 1. The van der Waals surface area contributed by atoms with Gasteiger partial charge in [0.1, 0.15) is 0 Å². The number of aliphatic carboxylic acids is 1. The molecular weight excluding hydrogens is 266 g/mol. The molecule has 1 amide bonds. The summed E-state index contributed by atoms with van der Waals surface area (Å²) in [6.45, 7) is 5.21. The molecule has 7 nitrogen and oxygen atoms in total. The summed E-state index contributed by atoms with van der Waals surface area (Å²) in [4.78, 5) is 36.4. The first-order valence-corrected chi connectivity index (χ1v) is 6.74. The van der Waals surface area contributed by atoms with Crippen LogP contribution < -0.4 is 0 Å². The lowest BCUT2D eigenvalue weighted by molar-refractivity contribution is -0.164. The van der Waals surface area contributed by atoms with Gasteiger partial charge in [-0.15, -0.1) is 0 Å². The SMILES string of the molecule is CCC(C)OC(=O)C(CC(=O)N1CCOCC1)C(=O)O. The van der Waals surface area contributed by atoms with Crippen LogP contribution in [-0.4, -0.2) is 60.3 Å². The van der Waals surface area contributed by atoms with Crippen molar-refractivity contribution < 1.29 is 29.0 Å².